The molecule has 0 bridgehead atoms. The molecule has 3 nitrogen and oxygen atoms in total. The normalized spacial score (nSPS) is 10.4. The molecule has 1 aromatic carbocycles. The van der Waals surface area contributed by atoms with E-state index in [1.54, 1.807) is 11.8 Å². The van der Waals surface area contributed by atoms with Crippen LogP contribution in [-0.4, -0.2) is 28.4 Å². The molecule has 0 fully saturated rings. The van der Waals surface area contributed by atoms with E-state index in [0.717, 1.165) is 23.3 Å². The van der Waals surface area contributed by atoms with Crippen molar-refractivity contribution in [3.63, 3.8) is 0 Å². The Morgan fingerprint density at radius 1 is 1.16 bits per heavy atom. The van der Waals surface area contributed by atoms with Gasteiger partial charge < -0.3 is 5.11 Å². The molecule has 104 valence electrons. The van der Waals surface area contributed by atoms with Gasteiger partial charge in [0.1, 0.15) is 0 Å². The minimum absolute atomic E-state index is 0.145. The summed E-state index contributed by atoms with van der Waals surface area (Å²) in [6.07, 6.45) is 1.74. The van der Waals surface area contributed by atoms with E-state index in [9.17, 15) is 9.59 Å². The van der Waals surface area contributed by atoms with Crippen molar-refractivity contribution in [2.75, 3.05) is 11.5 Å². The van der Waals surface area contributed by atoms with Crippen molar-refractivity contribution >= 4 is 23.5 Å². The minimum atomic E-state index is -0.754. The van der Waals surface area contributed by atoms with Gasteiger partial charge in [-0.3, -0.25) is 9.59 Å². The summed E-state index contributed by atoms with van der Waals surface area (Å²) in [5.41, 5.74) is 3.09. The monoisotopic (exact) mass is 280 g/mol. The number of hydrogen-bond acceptors (Lipinski definition) is 3. The summed E-state index contributed by atoms with van der Waals surface area (Å²) >= 11 is 1.58. The summed E-state index contributed by atoms with van der Waals surface area (Å²) in [5.74, 6) is 0.696. The Kier molecular flexibility index (Phi) is 6.64. The maximum atomic E-state index is 11.9. The zero-order valence-corrected chi connectivity index (χ0v) is 12.3. The van der Waals surface area contributed by atoms with E-state index < -0.39 is 5.97 Å². The van der Waals surface area contributed by atoms with Gasteiger partial charge in [0.15, 0.2) is 5.78 Å². The van der Waals surface area contributed by atoms with Crippen molar-refractivity contribution in [1.82, 2.24) is 0 Å². The van der Waals surface area contributed by atoms with Crippen LogP contribution in [0.4, 0.5) is 0 Å². The lowest BCUT2D eigenvalue weighted by Gasteiger charge is -2.04. The number of aliphatic carboxylic acids is 1. The zero-order valence-electron chi connectivity index (χ0n) is 11.4. The van der Waals surface area contributed by atoms with Gasteiger partial charge in [-0.05, 0) is 49.6 Å². The Hall–Kier alpha value is -1.29. The summed E-state index contributed by atoms with van der Waals surface area (Å²) in [5, 5.41) is 8.49. The smallest absolute Gasteiger partial charge is 0.303 e. The van der Waals surface area contributed by atoms with Crippen molar-refractivity contribution in [1.29, 1.82) is 0 Å². The molecule has 4 heteroatoms. The molecule has 0 saturated heterocycles. The quantitative estimate of drug-likeness (QED) is 0.585. The Labute approximate surface area is 118 Å². The van der Waals surface area contributed by atoms with Crippen molar-refractivity contribution in [3.05, 3.63) is 34.9 Å². The number of carboxylic acids is 1. The molecule has 19 heavy (non-hydrogen) atoms. The van der Waals surface area contributed by atoms with E-state index in [0.29, 0.717) is 12.2 Å². The largest absolute Gasteiger partial charge is 0.481 e. The highest BCUT2D eigenvalue weighted by atomic mass is 32.2. The number of hydrogen-bond donors (Lipinski definition) is 1. The maximum Gasteiger partial charge on any atom is 0.303 e. The average molecular weight is 280 g/mol. The van der Waals surface area contributed by atoms with Gasteiger partial charge in [-0.2, -0.15) is 11.8 Å². The van der Waals surface area contributed by atoms with Crippen molar-refractivity contribution in [2.24, 2.45) is 0 Å². The number of carbonyl (C=O) groups is 2. The van der Waals surface area contributed by atoms with Gasteiger partial charge >= 0.3 is 5.97 Å². The molecule has 0 aliphatic rings. The molecule has 0 radical (unpaired) electrons. The number of ketones is 1. The second-order valence-electron chi connectivity index (χ2n) is 4.63. The predicted octanol–water partition coefficient (Wildman–Crippen LogP) is 3.47. The topological polar surface area (TPSA) is 54.4 Å². The lowest BCUT2D eigenvalue weighted by molar-refractivity contribution is -0.137. The van der Waals surface area contributed by atoms with Crippen LogP contribution >= 0.6 is 11.8 Å². The Balaban J connectivity index is 2.27. The third-order valence-electron chi connectivity index (χ3n) is 2.99. The molecular formula is C15H20O3S. The van der Waals surface area contributed by atoms with Gasteiger partial charge in [0.2, 0.25) is 0 Å². The van der Waals surface area contributed by atoms with Crippen molar-refractivity contribution < 1.29 is 14.7 Å². The van der Waals surface area contributed by atoms with Gasteiger partial charge in [-0.1, -0.05) is 12.1 Å². The van der Waals surface area contributed by atoms with E-state index in [1.807, 2.05) is 32.0 Å². The fourth-order valence-electron chi connectivity index (χ4n) is 1.64. The first kappa shape index (κ1) is 15.8. The highest BCUT2D eigenvalue weighted by Gasteiger charge is 2.07. The number of aryl methyl sites for hydroxylation is 2. The van der Waals surface area contributed by atoms with Crippen molar-refractivity contribution in [3.8, 4) is 0 Å². The molecule has 0 amide bonds. The SMILES string of the molecule is Cc1ccc(C(=O)CSCCCCC(=O)O)cc1C. The van der Waals surface area contributed by atoms with Crippen LogP contribution in [0, 0.1) is 13.8 Å². The van der Waals surface area contributed by atoms with Crippen LogP contribution < -0.4 is 0 Å². The molecule has 1 aromatic rings. The molecule has 0 aromatic heterocycles. The van der Waals surface area contributed by atoms with E-state index >= 15 is 0 Å². The fourth-order valence-corrected chi connectivity index (χ4v) is 2.55. The van der Waals surface area contributed by atoms with Crippen LogP contribution in [-0.2, 0) is 4.79 Å². The van der Waals surface area contributed by atoms with Crippen LogP contribution in [0.2, 0.25) is 0 Å². The molecule has 1 N–H and O–H groups in total. The molecule has 0 unspecified atom stereocenters. The average Bonchev–Trinajstić information content (AvgIpc) is 2.36. The van der Waals surface area contributed by atoms with Gasteiger partial charge in [0, 0.05) is 12.0 Å². The molecule has 0 aliphatic carbocycles. The first-order valence-corrected chi connectivity index (χ1v) is 7.56. The third kappa shape index (κ3) is 5.92. The lowest BCUT2D eigenvalue weighted by Crippen LogP contribution is -2.04. The number of unbranched alkanes of at least 4 members (excludes halogenated alkanes) is 1. The fraction of sp³-hybridized carbons (Fsp3) is 0.467. The summed E-state index contributed by atoms with van der Waals surface area (Å²) in [6, 6.07) is 5.78. The molecule has 0 saturated carbocycles. The van der Waals surface area contributed by atoms with Gasteiger partial charge in [-0.15, -0.1) is 0 Å². The van der Waals surface area contributed by atoms with Gasteiger partial charge in [0.25, 0.3) is 0 Å². The number of carboxylic acid groups (broad SMARTS) is 1. The third-order valence-corrected chi connectivity index (χ3v) is 4.04. The minimum Gasteiger partial charge on any atom is -0.481 e. The van der Waals surface area contributed by atoms with Crippen LogP contribution in [0.25, 0.3) is 0 Å². The molecule has 1 rings (SSSR count). The molecular weight excluding hydrogens is 260 g/mol. The number of Topliss-reactive ketones (excluding diaryl/α,β-unsaturated/α-hetero) is 1. The van der Waals surface area contributed by atoms with Crippen LogP contribution in [0.5, 0.6) is 0 Å². The van der Waals surface area contributed by atoms with Gasteiger partial charge in [-0.25, -0.2) is 0 Å². The molecule has 0 heterocycles. The number of thioether (sulfide) groups is 1. The van der Waals surface area contributed by atoms with Crippen molar-refractivity contribution in [2.45, 2.75) is 33.1 Å². The first-order valence-electron chi connectivity index (χ1n) is 6.40. The number of carbonyl (C=O) groups excluding carboxylic acids is 1. The van der Waals surface area contributed by atoms with Gasteiger partial charge in [0.05, 0.1) is 5.75 Å². The van der Waals surface area contributed by atoms with Crippen LogP contribution in [0.3, 0.4) is 0 Å². The first-order chi connectivity index (χ1) is 9.00. The molecule has 0 spiro atoms. The lowest BCUT2D eigenvalue weighted by atomic mass is 10.0. The standard InChI is InChI=1S/C15H20O3S/c1-11-6-7-13(9-12(11)2)14(16)10-19-8-4-3-5-15(17)18/h6-7,9H,3-5,8,10H2,1-2H3,(H,17,18). The summed E-state index contributed by atoms with van der Waals surface area (Å²) < 4.78 is 0. The summed E-state index contributed by atoms with van der Waals surface area (Å²) in [7, 11) is 0. The second kappa shape index (κ2) is 8.00. The highest BCUT2D eigenvalue weighted by molar-refractivity contribution is 7.99. The van der Waals surface area contributed by atoms with E-state index in [1.165, 1.54) is 5.56 Å². The number of benzene rings is 1. The molecule has 0 aliphatic heterocycles. The number of rotatable bonds is 8. The Morgan fingerprint density at radius 2 is 1.89 bits per heavy atom. The Morgan fingerprint density at radius 3 is 2.53 bits per heavy atom. The second-order valence-corrected chi connectivity index (χ2v) is 5.73. The van der Waals surface area contributed by atoms with E-state index in [2.05, 4.69) is 0 Å². The van der Waals surface area contributed by atoms with Crippen LogP contribution in [0.1, 0.15) is 40.7 Å². The highest BCUT2D eigenvalue weighted by Crippen LogP contribution is 2.14. The van der Waals surface area contributed by atoms with E-state index in [-0.39, 0.29) is 12.2 Å². The predicted molar refractivity (Wildman–Crippen MR) is 79.1 cm³/mol. The zero-order chi connectivity index (χ0) is 14.3. The molecule has 0 atom stereocenters. The Bertz CT molecular complexity index is 455. The summed E-state index contributed by atoms with van der Waals surface area (Å²) in [6.45, 7) is 4.03. The van der Waals surface area contributed by atoms with E-state index in [4.69, 9.17) is 5.11 Å². The maximum absolute atomic E-state index is 11.9. The summed E-state index contributed by atoms with van der Waals surface area (Å²) in [4.78, 5) is 22.3. The van der Waals surface area contributed by atoms with Crippen LogP contribution in [0.15, 0.2) is 18.2 Å².